The van der Waals surface area contributed by atoms with Gasteiger partial charge < -0.3 is 4.90 Å². The maximum Gasteiger partial charge on any atom is 0.225 e. The van der Waals surface area contributed by atoms with Crippen LogP contribution in [0.15, 0.2) is 24.3 Å². The third-order valence-electron chi connectivity index (χ3n) is 3.12. The molecule has 0 radical (unpaired) electrons. The maximum absolute atomic E-state index is 12.1. The maximum atomic E-state index is 12.1. The molecule has 0 heterocycles. The van der Waals surface area contributed by atoms with Crippen molar-refractivity contribution in [3.63, 3.8) is 0 Å². The van der Waals surface area contributed by atoms with Gasteiger partial charge in [-0.25, -0.2) is 0 Å². The monoisotopic (exact) mass is 297 g/mol. The van der Waals surface area contributed by atoms with Gasteiger partial charge in [0.25, 0.3) is 0 Å². The van der Waals surface area contributed by atoms with E-state index in [1.165, 1.54) is 0 Å². The van der Waals surface area contributed by atoms with Gasteiger partial charge in [-0.3, -0.25) is 4.79 Å². The molecular formula is C17H28ClNO. The minimum Gasteiger partial charge on any atom is -0.341 e. The van der Waals surface area contributed by atoms with Crippen LogP contribution in [-0.4, -0.2) is 17.9 Å². The van der Waals surface area contributed by atoms with E-state index >= 15 is 0 Å². The van der Waals surface area contributed by atoms with Crippen molar-refractivity contribution in [1.82, 2.24) is 4.90 Å². The second-order valence-corrected chi connectivity index (χ2v) is 5.30. The third-order valence-corrected chi connectivity index (χ3v) is 3.37. The van der Waals surface area contributed by atoms with Crippen LogP contribution in [0.4, 0.5) is 0 Å². The van der Waals surface area contributed by atoms with Crippen molar-refractivity contribution in [3.8, 4) is 0 Å². The molecule has 1 amide bonds. The molecule has 0 spiro atoms. The van der Waals surface area contributed by atoms with Crippen LogP contribution < -0.4 is 0 Å². The lowest BCUT2D eigenvalue weighted by Crippen LogP contribution is -2.31. The first-order valence-electron chi connectivity index (χ1n) is 7.54. The summed E-state index contributed by atoms with van der Waals surface area (Å²) in [4.78, 5) is 13.9. The molecule has 0 bridgehead atoms. The van der Waals surface area contributed by atoms with Crippen LogP contribution in [0.25, 0.3) is 0 Å². The quantitative estimate of drug-likeness (QED) is 0.711. The average molecular weight is 298 g/mol. The first kappa shape index (κ1) is 19.0. The van der Waals surface area contributed by atoms with Crippen molar-refractivity contribution < 1.29 is 4.79 Å². The van der Waals surface area contributed by atoms with Crippen molar-refractivity contribution in [1.29, 1.82) is 0 Å². The summed E-state index contributed by atoms with van der Waals surface area (Å²) in [6.45, 7) is 8.80. The standard InChI is InChI=1S/C15H22ClNO.C2H6/c1-4-5-6-12(2)15(18)17(3)11-13-7-9-14(16)10-8-13;1-2/h7-10,12H,4-6,11H2,1-3H3;1-2H3/t12-;/m1./s1. The van der Waals surface area contributed by atoms with Gasteiger partial charge in [-0.1, -0.05) is 64.3 Å². The molecule has 0 saturated heterocycles. The molecule has 1 rings (SSSR count). The van der Waals surface area contributed by atoms with Crippen molar-refractivity contribution in [2.24, 2.45) is 5.92 Å². The molecule has 1 atom stereocenters. The Morgan fingerprint density at radius 3 is 2.30 bits per heavy atom. The van der Waals surface area contributed by atoms with Gasteiger partial charge in [0.15, 0.2) is 0 Å². The summed E-state index contributed by atoms with van der Waals surface area (Å²) in [5.41, 5.74) is 1.11. The summed E-state index contributed by atoms with van der Waals surface area (Å²) in [7, 11) is 1.86. The Morgan fingerprint density at radius 1 is 1.25 bits per heavy atom. The second kappa shape index (κ2) is 10.7. The molecule has 0 N–H and O–H groups in total. The van der Waals surface area contributed by atoms with Crippen LogP contribution in [0.3, 0.4) is 0 Å². The van der Waals surface area contributed by atoms with Crippen molar-refractivity contribution in [2.75, 3.05) is 7.05 Å². The van der Waals surface area contributed by atoms with Gasteiger partial charge in [0, 0.05) is 24.5 Å². The number of carbonyl (C=O) groups excluding carboxylic acids is 1. The Balaban J connectivity index is 0.00000172. The molecule has 1 aromatic carbocycles. The molecule has 1 aromatic rings. The van der Waals surface area contributed by atoms with E-state index in [0.717, 1.165) is 29.8 Å². The molecule has 0 aromatic heterocycles. The Morgan fingerprint density at radius 2 is 1.80 bits per heavy atom. The Hall–Kier alpha value is -1.02. The molecule has 3 heteroatoms. The molecule has 0 aliphatic carbocycles. The Kier molecular flexibility index (Phi) is 10.2. The summed E-state index contributed by atoms with van der Waals surface area (Å²) in [6, 6.07) is 7.64. The molecule has 0 fully saturated rings. The zero-order chi connectivity index (χ0) is 15.5. The number of benzene rings is 1. The van der Waals surface area contributed by atoms with Gasteiger partial charge in [0.2, 0.25) is 5.91 Å². The fourth-order valence-corrected chi connectivity index (χ4v) is 2.08. The SMILES string of the molecule is CC.CCCC[C@@H](C)C(=O)N(C)Cc1ccc(Cl)cc1. The minimum absolute atomic E-state index is 0.113. The predicted octanol–water partition coefficient (Wildman–Crippen LogP) is 5.15. The van der Waals surface area contributed by atoms with Crippen LogP contribution >= 0.6 is 11.6 Å². The number of halogens is 1. The third kappa shape index (κ3) is 6.95. The molecule has 2 nitrogen and oxygen atoms in total. The van der Waals surface area contributed by atoms with E-state index in [1.807, 2.05) is 52.1 Å². The van der Waals surface area contributed by atoms with Gasteiger partial charge in [-0.05, 0) is 24.1 Å². The molecule has 0 unspecified atom stereocenters. The number of rotatable bonds is 6. The second-order valence-electron chi connectivity index (χ2n) is 4.86. The number of hydrogen-bond acceptors (Lipinski definition) is 1. The highest BCUT2D eigenvalue weighted by atomic mass is 35.5. The lowest BCUT2D eigenvalue weighted by Gasteiger charge is -2.21. The largest absolute Gasteiger partial charge is 0.341 e. The molecule has 20 heavy (non-hydrogen) atoms. The van der Waals surface area contributed by atoms with Crippen molar-refractivity contribution >= 4 is 17.5 Å². The highest BCUT2D eigenvalue weighted by molar-refractivity contribution is 6.30. The first-order chi connectivity index (χ1) is 9.54. The zero-order valence-electron chi connectivity index (χ0n) is 13.4. The van der Waals surface area contributed by atoms with Crippen LogP contribution in [-0.2, 0) is 11.3 Å². The minimum atomic E-state index is 0.113. The van der Waals surface area contributed by atoms with Crippen LogP contribution in [0.5, 0.6) is 0 Å². The summed E-state index contributed by atoms with van der Waals surface area (Å²) in [5.74, 6) is 0.334. The zero-order valence-corrected chi connectivity index (χ0v) is 14.2. The number of carbonyl (C=O) groups is 1. The van der Waals surface area contributed by atoms with Crippen LogP contribution in [0.1, 0.15) is 52.5 Å². The number of amides is 1. The predicted molar refractivity (Wildman–Crippen MR) is 88.0 cm³/mol. The fraction of sp³-hybridized carbons (Fsp3) is 0.588. The van der Waals surface area contributed by atoms with E-state index in [4.69, 9.17) is 11.6 Å². The summed E-state index contributed by atoms with van der Waals surface area (Å²) in [6.07, 6.45) is 3.22. The highest BCUT2D eigenvalue weighted by Gasteiger charge is 2.16. The summed E-state index contributed by atoms with van der Waals surface area (Å²) < 4.78 is 0. The Labute approximate surface area is 129 Å². The van der Waals surface area contributed by atoms with Gasteiger partial charge in [-0.2, -0.15) is 0 Å². The summed E-state index contributed by atoms with van der Waals surface area (Å²) >= 11 is 5.84. The summed E-state index contributed by atoms with van der Waals surface area (Å²) in [5, 5.41) is 0.726. The van der Waals surface area contributed by atoms with E-state index in [-0.39, 0.29) is 11.8 Å². The topological polar surface area (TPSA) is 20.3 Å². The number of nitrogens with zero attached hydrogens (tertiary/aromatic N) is 1. The molecule has 0 aliphatic heterocycles. The van der Waals surface area contributed by atoms with Gasteiger partial charge >= 0.3 is 0 Å². The van der Waals surface area contributed by atoms with E-state index in [0.29, 0.717) is 6.54 Å². The lowest BCUT2D eigenvalue weighted by molar-refractivity contribution is -0.134. The van der Waals surface area contributed by atoms with Crippen LogP contribution in [0, 0.1) is 5.92 Å². The van der Waals surface area contributed by atoms with E-state index in [9.17, 15) is 4.79 Å². The van der Waals surface area contributed by atoms with Crippen LogP contribution in [0.2, 0.25) is 5.02 Å². The van der Waals surface area contributed by atoms with E-state index in [1.54, 1.807) is 4.90 Å². The molecule has 114 valence electrons. The van der Waals surface area contributed by atoms with Gasteiger partial charge in [0.1, 0.15) is 0 Å². The van der Waals surface area contributed by atoms with Gasteiger partial charge in [0.05, 0.1) is 0 Å². The van der Waals surface area contributed by atoms with Crippen molar-refractivity contribution in [2.45, 2.75) is 53.5 Å². The molecule has 0 saturated carbocycles. The lowest BCUT2D eigenvalue weighted by atomic mass is 10.0. The van der Waals surface area contributed by atoms with E-state index < -0.39 is 0 Å². The normalized spacial score (nSPS) is 11.3. The Bertz CT molecular complexity index is 375. The highest BCUT2D eigenvalue weighted by Crippen LogP contribution is 2.14. The molecular weight excluding hydrogens is 270 g/mol. The fourth-order valence-electron chi connectivity index (χ4n) is 1.95. The first-order valence-corrected chi connectivity index (χ1v) is 7.91. The van der Waals surface area contributed by atoms with Crippen molar-refractivity contribution in [3.05, 3.63) is 34.9 Å². The smallest absolute Gasteiger partial charge is 0.225 e. The van der Waals surface area contributed by atoms with Gasteiger partial charge in [-0.15, -0.1) is 0 Å². The average Bonchev–Trinajstić information content (AvgIpc) is 2.48. The van der Waals surface area contributed by atoms with E-state index in [2.05, 4.69) is 6.92 Å². The number of hydrogen-bond donors (Lipinski definition) is 0. The number of unbranched alkanes of at least 4 members (excludes halogenated alkanes) is 1. The molecule has 0 aliphatic rings.